The highest BCUT2D eigenvalue weighted by Gasteiger charge is 1.85. The zero-order chi connectivity index (χ0) is 6.95. The summed E-state index contributed by atoms with van der Waals surface area (Å²) in [5.74, 6) is 0. The van der Waals surface area contributed by atoms with Crippen LogP contribution in [0.3, 0.4) is 0 Å². The molecule has 0 fully saturated rings. The fourth-order valence-electron chi connectivity index (χ4n) is 0.572. The van der Waals surface area contributed by atoms with Gasteiger partial charge in [0.15, 0.2) is 0 Å². The van der Waals surface area contributed by atoms with Gasteiger partial charge in [0.1, 0.15) is 0 Å². The van der Waals surface area contributed by atoms with Gasteiger partial charge in [-0.05, 0) is 12.8 Å². The van der Waals surface area contributed by atoms with Crippen molar-refractivity contribution in [3.63, 3.8) is 0 Å². The van der Waals surface area contributed by atoms with E-state index in [0.29, 0.717) is 0 Å². The average molecular weight is 129 g/mol. The minimum absolute atomic E-state index is 0.879. The van der Waals surface area contributed by atoms with Crippen molar-refractivity contribution >= 4 is 0 Å². The zero-order valence-electron chi connectivity index (χ0n) is 6.52. The molecule has 1 radical (unpaired) electrons. The molecule has 0 N–H and O–H groups in total. The van der Waals surface area contributed by atoms with E-state index in [-0.39, 0.29) is 0 Å². The smallest absolute Gasteiger partial charge is 0.0836 e. The summed E-state index contributed by atoms with van der Waals surface area (Å²) >= 11 is 0. The molecule has 0 amide bonds. The van der Waals surface area contributed by atoms with Crippen LogP contribution in [0.15, 0.2) is 0 Å². The molecule has 0 aromatic rings. The van der Waals surface area contributed by atoms with E-state index < -0.39 is 0 Å². The lowest BCUT2D eigenvalue weighted by Gasteiger charge is -1.98. The van der Waals surface area contributed by atoms with Gasteiger partial charge in [0.05, 0.1) is 6.61 Å². The molecule has 0 unspecified atom stereocenters. The van der Waals surface area contributed by atoms with Crippen LogP contribution < -0.4 is 0 Å². The zero-order valence-corrected chi connectivity index (χ0v) is 6.52. The Morgan fingerprint density at radius 1 is 1.22 bits per heavy atom. The molecule has 55 valence electrons. The maximum absolute atomic E-state index is 5.16. The molecule has 0 spiro atoms. The maximum atomic E-state index is 5.16. The fourth-order valence-corrected chi connectivity index (χ4v) is 0.572. The van der Waals surface area contributed by atoms with Gasteiger partial charge in [-0.25, -0.2) is 0 Å². The number of rotatable bonds is 6. The first-order valence-corrected chi connectivity index (χ1v) is 3.85. The van der Waals surface area contributed by atoms with E-state index in [1.54, 1.807) is 0 Å². The standard InChI is InChI=1S/C8H17O/c1-3-5-6-8-9-7-4-2/h8H,3-7H2,1-2H3. The molecule has 1 heteroatoms. The van der Waals surface area contributed by atoms with E-state index in [9.17, 15) is 0 Å². The lowest BCUT2D eigenvalue weighted by Crippen LogP contribution is -1.88. The average Bonchev–Trinajstić information content (AvgIpc) is 1.89. The predicted octanol–water partition coefficient (Wildman–Crippen LogP) is 2.76. The van der Waals surface area contributed by atoms with Crippen molar-refractivity contribution in [3.8, 4) is 0 Å². The minimum Gasteiger partial charge on any atom is -0.376 e. The molecule has 0 saturated heterocycles. The Morgan fingerprint density at radius 3 is 2.56 bits per heavy atom. The van der Waals surface area contributed by atoms with E-state index in [4.69, 9.17) is 4.74 Å². The number of ether oxygens (including phenoxy) is 1. The van der Waals surface area contributed by atoms with Crippen molar-refractivity contribution in [2.24, 2.45) is 0 Å². The molecule has 1 nitrogen and oxygen atoms in total. The summed E-state index contributed by atoms with van der Waals surface area (Å²) in [5, 5.41) is 0. The van der Waals surface area contributed by atoms with Crippen LogP contribution in [-0.2, 0) is 4.74 Å². The molecule has 0 rings (SSSR count). The van der Waals surface area contributed by atoms with E-state index in [1.807, 2.05) is 6.61 Å². The number of unbranched alkanes of at least 4 members (excludes halogenated alkanes) is 2. The summed E-state index contributed by atoms with van der Waals surface area (Å²) in [5.41, 5.74) is 0. The van der Waals surface area contributed by atoms with Crippen LogP contribution in [0.25, 0.3) is 0 Å². The molecule has 0 aliphatic heterocycles. The van der Waals surface area contributed by atoms with Gasteiger partial charge in [-0.1, -0.05) is 26.7 Å². The molecule has 0 bridgehead atoms. The number of hydrogen-bond donors (Lipinski definition) is 0. The van der Waals surface area contributed by atoms with Crippen LogP contribution in [0.1, 0.15) is 39.5 Å². The van der Waals surface area contributed by atoms with Crippen molar-refractivity contribution < 1.29 is 4.74 Å². The Hall–Kier alpha value is -0.0400. The van der Waals surface area contributed by atoms with Gasteiger partial charge in [0, 0.05) is 6.61 Å². The van der Waals surface area contributed by atoms with Crippen LogP contribution in [0, 0.1) is 6.61 Å². The Balaban J connectivity index is 2.60. The van der Waals surface area contributed by atoms with Crippen LogP contribution >= 0.6 is 0 Å². The molecule has 9 heavy (non-hydrogen) atoms. The third-order valence-corrected chi connectivity index (χ3v) is 1.12. The Labute approximate surface area is 58.4 Å². The van der Waals surface area contributed by atoms with Gasteiger partial charge in [-0.3, -0.25) is 0 Å². The van der Waals surface area contributed by atoms with Crippen LogP contribution in [0.2, 0.25) is 0 Å². The lowest BCUT2D eigenvalue weighted by molar-refractivity contribution is 0.190. The molecular formula is C8H17O. The topological polar surface area (TPSA) is 9.23 Å². The lowest BCUT2D eigenvalue weighted by atomic mass is 10.3. The molecule has 0 atom stereocenters. The summed E-state index contributed by atoms with van der Waals surface area (Å²) < 4.78 is 5.16. The van der Waals surface area contributed by atoms with Crippen molar-refractivity contribution in [2.45, 2.75) is 39.5 Å². The molecule has 0 aromatic heterocycles. The second-order valence-corrected chi connectivity index (χ2v) is 2.18. The summed E-state index contributed by atoms with van der Waals surface area (Å²) in [4.78, 5) is 0. The monoisotopic (exact) mass is 129 g/mol. The highest BCUT2D eigenvalue weighted by molar-refractivity contribution is 4.48. The fraction of sp³-hybridized carbons (Fsp3) is 0.875. The van der Waals surface area contributed by atoms with Crippen molar-refractivity contribution in [3.05, 3.63) is 6.61 Å². The largest absolute Gasteiger partial charge is 0.376 e. The van der Waals surface area contributed by atoms with Crippen molar-refractivity contribution in [1.82, 2.24) is 0 Å². The highest BCUT2D eigenvalue weighted by atomic mass is 16.5. The van der Waals surface area contributed by atoms with Gasteiger partial charge in [-0.15, -0.1) is 0 Å². The van der Waals surface area contributed by atoms with Gasteiger partial charge in [0.25, 0.3) is 0 Å². The van der Waals surface area contributed by atoms with Crippen LogP contribution in [0.4, 0.5) is 0 Å². The first-order valence-electron chi connectivity index (χ1n) is 3.85. The van der Waals surface area contributed by atoms with Gasteiger partial charge >= 0.3 is 0 Å². The third kappa shape index (κ3) is 7.96. The minimum atomic E-state index is 0.879. The molecule has 0 saturated carbocycles. The molecular weight excluding hydrogens is 112 g/mol. The van der Waals surface area contributed by atoms with E-state index in [0.717, 1.165) is 19.4 Å². The number of hydrogen-bond acceptors (Lipinski definition) is 1. The Bertz CT molecular complexity index is 37.8. The summed E-state index contributed by atoms with van der Waals surface area (Å²) in [6.07, 6.45) is 4.73. The van der Waals surface area contributed by atoms with E-state index in [1.165, 1.54) is 12.8 Å². The van der Waals surface area contributed by atoms with E-state index >= 15 is 0 Å². The van der Waals surface area contributed by atoms with Gasteiger partial charge in [0.2, 0.25) is 0 Å². The highest BCUT2D eigenvalue weighted by Crippen LogP contribution is 1.98. The third-order valence-electron chi connectivity index (χ3n) is 1.12. The molecule has 0 aromatic carbocycles. The first kappa shape index (κ1) is 8.96. The van der Waals surface area contributed by atoms with Crippen LogP contribution in [0.5, 0.6) is 0 Å². The van der Waals surface area contributed by atoms with Gasteiger partial charge in [-0.2, -0.15) is 0 Å². The quantitative estimate of drug-likeness (QED) is 0.501. The summed E-state index contributed by atoms with van der Waals surface area (Å²) in [6.45, 7) is 7.11. The Morgan fingerprint density at radius 2 is 2.00 bits per heavy atom. The SMILES string of the molecule is CCCC[CH]OCCC. The van der Waals surface area contributed by atoms with Crippen molar-refractivity contribution in [2.75, 3.05) is 6.61 Å². The van der Waals surface area contributed by atoms with E-state index in [2.05, 4.69) is 13.8 Å². The van der Waals surface area contributed by atoms with Gasteiger partial charge < -0.3 is 4.74 Å². The second kappa shape index (κ2) is 7.96. The predicted molar refractivity (Wildman–Crippen MR) is 40.1 cm³/mol. The molecule has 0 heterocycles. The van der Waals surface area contributed by atoms with Crippen LogP contribution in [-0.4, -0.2) is 6.61 Å². The first-order chi connectivity index (χ1) is 4.41. The maximum Gasteiger partial charge on any atom is 0.0836 e. The molecule has 0 aliphatic carbocycles. The second-order valence-electron chi connectivity index (χ2n) is 2.18. The Kier molecular flexibility index (Phi) is 7.92. The molecule has 0 aliphatic rings. The summed E-state index contributed by atoms with van der Waals surface area (Å²) in [6, 6.07) is 0. The summed E-state index contributed by atoms with van der Waals surface area (Å²) in [7, 11) is 0. The normalized spacial score (nSPS) is 10.0. The van der Waals surface area contributed by atoms with Crippen molar-refractivity contribution in [1.29, 1.82) is 0 Å².